The standard InChI is InChI=1S/C24H25FN6OS/c1-16-23(17(2)31(28-16)14-18-7-6-9-20(13-18)32-3)27-24(33)26-22-11-12-30(29-22)15-19-8-4-5-10-21(19)25/h4-13H,14-15H2,1-3H3,(H2,26,27,29,33). The summed E-state index contributed by atoms with van der Waals surface area (Å²) in [6, 6.07) is 16.4. The molecule has 0 aliphatic carbocycles. The zero-order chi connectivity index (χ0) is 23.4. The van der Waals surface area contributed by atoms with Crippen LogP contribution < -0.4 is 15.4 Å². The molecule has 2 N–H and O–H groups in total. The summed E-state index contributed by atoms with van der Waals surface area (Å²) in [5.41, 5.74) is 4.31. The number of methoxy groups -OCH3 is 1. The number of hydrogen-bond acceptors (Lipinski definition) is 4. The Morgan fingerprint density at radius 2 is 1.85 bits per heavy atom. The van der Waals surface area contributed by atoms with E-state index in [1.54, 1.807) is 42.3 Å². The SMILES string of the molecule is COc1cccc(Cn2nc(C)c(NC(=S)Nc3ccn(Cc4ccccc4F)n3)c2C)c1. The van der Waals surface area contributed by atoms with Crippen LogP contribution in [0.4, 0.5) is 15.9 Å². The van der Waals surface area contributed by atoms with E-state index in [1.807, 2.05) is 42.8 Å². The van der Waals surface area contributed by atoms with Crippen LogP contribution in [0.25, 0.3) is 0 Å². The molecule has 7 nitrogen and oxygen atoms in total. The third kappa shape index (κ3) is 5.38. The highest BCUT2D eigenvalue weighted by Crippen LogP contribution is 2.22. The van der Waals surface area contributed by atoms with Crippen molar-refractivity contribution in [2.24, 2.45) is 0 Å². The number of benzene rings is 2. The molecule has 0 saturated carbocycles. The van der Waals surface area contributed by atoms with E-state index >= 15 is 0 Å². The monoisotopic (exact) mass is 464 g/mol. The molecule has 2 heterocycles. The fraction of sp³-hybridized carbons (Fsp3) is 0.208. The lowest BCUT2D eigenvalue weighted by Crippen LogP contribution is -2.20. The molecule has 0 aliphatic rings. The largest absolute Gasteiger partial charge is 0.497 e. The maximum Gasteiger partial charge on any atom is 0.176 e. The summed E-state index contributed by atoms with van der Waals surface area (Å²) in [5.74, 6) is 1.13. The van der Waals surface area contributed by atoms with Crippen molar-refractivity contribution in [3.8, 4) is 5.75 Å². The summed E-state index contributed by atoms with van der Waals surface area (Å²) in [6.45, 7) is 4.88. The number of nitrogens with one attached hydrogen (secondary N) is 2. The second-order valence-electron chi connectivity index (χ2n) is 7.62. The highest BCUT2D eigenvalue weighted by molar-refractivity contribution is 7.80. The molecular formula is C24H25FN6OS. The van der Waals surface area contributed by atoms with Crippen molar-refractivity contribution in [3.63, 3.8) is 0 Å². The fourth-order valence-electron chi connectivity index (χ4n) is 3.55. The molecule has 0 amide bonds. The summed E-state index contributed by atoms with van der Waals surface area (Å²) < 4.78 is 22.8. The van der Waals surface area contributed by atoms with Crippen LogP contribution in [0.2, 0.25) is 0 Å². The van der Waals surface area contributed by atoms with Gasteiger partial charge in [0.15, 0.2) is 10.9 Å². The Morgan fingerprint density at radius 3 is 2.64 bits per heavy atom. The first-order chi connectivity index (χ1) is 15.9. The number of ether oxygens (including phenoxy) is 1. The molecule has 33 heavy (non-hydrogen) atoms. The minimum atomic E-state index is -0.253. The van der Waals surface area contributed by atoms with Crippen molar-refractivity contribution >= 4 is 28.8 Å². The topological polar surface area (TPSA) is 68.9 Å². The number of anilines is 2. The van der Waals surface area contributed by atoms with Gasteiger partial charge in [-0.05, 0) is 49.8 Å². The van der Waals surface area contributed by atoms with Gasteiger partial charge in [0.2, 0.25) is 0 Å². The van der Waals surface area contributed by atoms with Crippen LogP contribution in [-0.4, -0.2) is 31.8 Å². The second-order valence-corrected chi connectivity index (χ2v) is 8.03. The van der Waals surface area contributed by atoms with Crippen LogP contribution in [0.5, 0.6) is 5.75 Å². The van der Waals surface area contributed by atoms with Gasteiger partial charge in [-0.25, -0.2) is 4.39 Å². The molecule has 0 spiro atoms. The van der Waals surface area contributed by atoms with Gasteiger partial charge in [-0.3, -0.25) is 9.36 Å². The van der Waals surface area contributed by atoms with Crippen LogP contribution in [0, 0.1) is 19.7 Å². The maximum atomic E-state index is 13.9. The molecule has 0 atom stereocenters. The summed E-state index contributed by atoms with van der Waals surface area (Å²) in [5, 5.41) is 15.8. The molecule has 2 aromatic heterocycles. The maximum absolute atomic E-state index is 13.9. The van der Waals surface area contributed by atoms with Crippen LogP contribution >= 0.6 is 12.2 Å². The van der Waals surface area contributed by atoms with Gasteiger partial charge >= 0.3 is 0 Å². The van der Waals surface area contributed by atoms with Crippen molar-refractivity contribution in [2.75, 3.05) is 17.7 Å². The van der Waals surface area contributed by atoms with Gasteiger partial charge in [0, 0.05) is 17.8 Å². The molecule has 0 fully saturated rings. The zero-order valence-corrected chi connectivity index (χ0v) is 19.5. The van der Waals surface area contributed by atoms with E-state index in [4.69, 9.17) is 17.0 Å². The lowest BCUT2D eigenvalue weighted by molar-refractivity contribution is 0.414. The lowest BCUT2D eigenvalue weighted by Gasteiger charge is -2.10. The Kier molecular flexibility index (Phi) is 6.69. The quantitative estimate of drug-likeness (QED) is 0.385. The molecule has 170 valence electrons. The van der Waals surface area contributed by atoms with Gasteiger partial charge in [0.25, 0.3) is 0 Å². The molecule has 0 saturated heterocycles. The molecular weight excluding hydrogens is 439 g/mol. The molecule has 4 rings (SSSR count). The third-order valence-electron chi connectivity index (χ3n) is 5.26. The highest BCUT2D eigenvalue weighted by Gasteiger charge is 2.14. The number of hydrogen-bond donors (Lipinski definition) is 2. The molecule has 0 aliphatic heterocycles. The molecule has 4 aromatic rings. The molecule has 2 aromatic carbocycles. The summed E-state index contributed by atoms with van der Waals surface area (Å²) in [7, 11) is 1.65. The van der Waals surface area contributed by atoms with E-state index in [0.717, 1.165) is 28.4 Å². The lowest BCUT2D eigenvalue weighted by atomic mass is 10.2. The van der Waals surface area contributed by atoms with Crippen LogP contribution in [0.15, 0.2) is 60.8 Å². The predicted molar refractivity (Wildman–Crippen MR) is 131 cm³/mol. The fourth-order valence-corrected chi connectivity index (χ4v) is 3.76. The van der Waals surface area contributed by atoms with E-state index in [1.165, 1.54) is 6.07 Å². The Morgan fingerprint density at radius 1 is 1.03 bits per heavy atom. The minimum Gasteiger partial charge on any atom is -0.497 e. The predicted octanol–water partition coefficient (Wildman–Crippen LogP) is 4.75. The summed E-state index contributed by atoms with van der Waals surface area (Å²) in [6.07, 6.45) is 1.78. The highest BCUT2D eigenvalue weighted by atomic mass is 32.1. The minimum absolute atomic E-state index is 0.253. The van der Waals surface area contributed by atoms with Crippen molar-refractivity contribution in [1.29, 1.82) is 0 Å². The van der Waals surface area contributed by atoms with E-state index in [-0.39, 0.29) is 5.82 Å². The Labute approximate surface area is 197 Å². The van der Waals surface area contributed by atoms with Crippen molar-refractivity contribution in [2.45, 2.75) is 26.9 Å². The number of aromatic nitrogens is 4. The van der Waals surface area contributed by atoms with Gasteiger partial charge in [-0.1, -0.05) is 30.3 Å². The molecule has 9 heteroatoms. The summed E-state index contributed by atoms with van der Waals surface area (Å²) in [4.78, 5) is 0. The van der Waals surface area contributed by atoms with Gasteiger partial charge < -0.3 is 15.4 Å². The number of rotatable bonds is 7. The Bertz CT molecular complexity index is 1280. The van der Waals surface area contributed by atoms with Crippen LogP contribution in [-0.2, 0) is 13.1 Å². The first kappa shape index (κ1) is 22.5. The summed E-state index contributed by atoms with van der Waals surface area (Å²) >= 11 is 5.48. The molecule has 0 unspecified atom stereocenters. The smallest absolute Gasteiger partial charge is 0.176 e. The van der Waals surface area contributed by atoms with E-state index in [9.17, 15) is 4.39 Å². The number of thiocarbonyl (C=S) groups is 1. The zero-order valence-electron chi connectivity index (χ0n) is 18.7. The van der Waals surface area contributed by atoms with E-state index in [0.29, 0.717) is 29.6 Å². The number of nitrogens with zero attached hydrogens (tertiary/aromatic N) is 4. The van der Waals surface area contributed by atoms with Crippen LogP contribution in [0.1, 0.15) is 22.5 Å². The number of halogens is 1. The van der Waals surface area contributed by atoms with Crippen molar-refractivity contribution < 1.29 is 9.13 Å². The van der Waals surface area contributed by atoms with E-state index in [2.05, 4.69) is 20.8 Å². The van der Waals surface area contributed by atoms with Gasteiger partial charge in [-0.2, -0.15) is 10.2 Å². The van der Waals surface area contributed by atoms with Crippen LogP contribution in [0.3, 0.4) is 0 Å². The molecule has 0 radical (unpaired) electrons. The average molecular weight is 465 g/mol. The van der Waals surface area contributed by atoms with Crippen molar-refractivity contribution in [1.82, 2.24) is 19.6 Å². The van der Waals surface area contributed by atoms with Gasteiger partial charge in [0.05, 0.1) is 37.3 Å². The van der Waals surface area contributed by atoms with E-state index < -0.39 is 0 Å². The van der Waals surface area contributed by atoms with Gasteiger partial charge in [0.1, 0.15) is 11.6 Å². The van der Waals surface area contributed by atoms with Gasteiger partial charge in [-0.15, -0.1) is 0 Å². The van der Waals surface area contributed by atoms with Crippen molar-refractivity contribution in [3.05, 3.63) is 89.1 Å². The Balaban J connectivity index is 1.41. The Hall–Kier alpha value is -3.72. The number of aryl methyl sites for hydroxylation is 1. The first-order valence-electron chi connectivity index (χ1n) is 10.4. The normalized spacial score (nSPS) is 10.8. The third-order valence-corrected chi connectivity index (χ3v) is 5.46. The molecule has 0 bridgehead atoms. The average Bonchev–Trinajstić information content (AvgIpc) is 3.34. The second kappa shape index (κ2) is 9.83. The first-order valence-corrected chi connectivity index (χ1v) is 10.9.